The molecule has 2 aromatic rings. The molecule has 3 heteroatoms. The van der Waals surface area contributed by atoms with E-state index in [0.29, 0.717) is 0 Å². The summed E-state index contributed by atoms with van der Waals surface area (Å²) < 4.78 is 5.17. The minimum absolute atomic E-state index is 0.0140. The average molecular weight is 243 g/mol. The Balaban J connectivity index is 2.22. The third-order valence-corrected chi connectivity index (χ3v) is 3.14. The molecule has 0 spiro atoms. The molecule has 18 heavy (non-hydrogen) atoms. The molecule has 0 aliphatic rings. The predicted octanol–water partition coefficient (Wildman–Crippen LogP) is 2.93. The molecule has 1 N–H and O–H groups in total. The number of nitrogens with zero attached hydrogens (tertiary/aromatic N) is 1. The number of rotatable bonds is 4. The fraction of sp³-hybridized carbons (Fsp3) is 0.267. The molecule has 1 aromatic carbocycles. The van der Waals surface area contributed by atoms with Gasteiger partial charge in [0.05, 0.1) is 13.2 Å². The van der Waals surface area contributed by atoms with Gasteiger partial charge in [-0.25, -0.2) is 0 Å². The summed E-state index contributed by atoms with van der Waals surface area (Å²) in [6.07, 6.45) is 2.93. The summed E-state index contributed by atoms with van der Waals surface area (Å²) in [5.41, 5.74) is 1.93. The normalized spacial score (nSPS) is 13.9. The van der Waals surface area contributed by atoms with Gasteiger partial charge in [0.2, 0.25) is 0 Å². The minimum atomic E-state index is -0.553. The zero-order valence-corrected chi connectivity index (χ0v) is 10.6. The van der Waals surface area contributed by atoms with E-state index in [2.05, 4.69) is 4.98 Å². The zero-order chi connectivity index (χ0) is 13.0. The smallest absolute Gasteiger partial charge is 0.119 e. The van der Waals surface area contributed by atoms with Gasteiger partial charge in [0.15, 0.2) is 0 Å². The van der Waals surface area contributed by atoms with Crippen molar-refractivity contribution in [2.75, 3.05) is 7.11 Å². The van der Waals surface area contributed by atoms with Gasteiger partial charge in [-0.3, -0.25) is 4.98 Å². The van der Waals surface area contributed by atoms with Gasteiger partial charge in [-0.1, -0.05) is 19.1 Å². The quantitative estimate of drug-likeness (QED) is 0.897. The molecule has 1 heterocycles. The van der Waals surface area contributed by atoms with Gasteiger partial charge in [0, 0.05) is 18.3 Å². The molecule has 0 saturated heterocycles. The van der Waals surface area contributed by atoms with Crippen LogP contribution in [0.2, 0.25) is 0 Å². The van der Waals surface area contributed by atoms with E-state index >= 15 is 0 Å². The van der Waals surface area contributed by atoms with E-state index in [0.717, 1.165) is 16.9 Å². The van der Waals surface area contributed by atoms with Gasteiger partial charge < -0.3 is 9.84 Å². The van der Waals surface area contributed by atoms with Gasteiger partial charge in [-0.2, -0.15) is 0 Å². The van der Waals surface area contributed by atoms with Gasteiger partial charge >= 0.3 is 0 Å². The Hall–Kier alpha value is -1.87. The Morgan fingerprint density at radius 1 is 1.11 bits per heavy atom. The monoisotopic (exact) mass is 243 g/mol. The Bertz CT molecular complexity index is 499. The number of aliphatic hydroxyl groups excluding tert-OH is 1. The number of ether oxygens (including phenoxy) is 1. The van der Waals surface area contributed by atoms with Crippen LogP contribution in [-0.2, 0) is 0 Å². The maximum atomic E-state index is 10.4. The van der Waals surface area contributed by atoms with E-state index in [1.165, 1.54) is 0 Å². The van der Waals surface area contributed by atoms with Crippen molar-refractivity contribution in [2.45, 2.75) is 18.9 Å². The van der Waals surface area contributed by atoms with Crippen LogP contribution < -0.4 is 4.74 Å². The zero-order valence-electron chi connectivity index (χ0n) is 10.6. The Morgan fingerprint density at radius 3 is 2.50 bits per heavy atom. The van der Waals surface area contributed by atoms with E-state index in [9.17, 15) is 5.11 Å². The SMILES string of the molecule is COc1cccc(C(O)C(C)c2ccncc2)c1. The first-order chi connectivity index (χ1) is 8.72. The summed E-state index contributed by atoms with van der Waals surface area (Å²) in [5, 5.41) is 10.4. The Labute approximate surface area is 107 Å². The number of pyridine rings is 1. The van der Waals surface area contributed by atoms with Gasteiger partial charge in [-0.15, -0.1) is 0 Å². The molecule has 2 atom stereocenters. The maximum Gasteiger partial charge on any atom is 0.119 e. The second-order valence-electron chi connectivity index (χ2n) is 4.29. The minimum Gasteiger partial charge on any atom is -0.497 e. The number of hydrogen-bond donors (Lipinski definition) is 1. The number of hydrogen-bond acceptors (Lipinski definition) is 3. The van der Waals surface area contributed by atoms with E-state index in [1.54, 1.807) is 19.5 Å². The lowest BCUT2D eigenvalue weighted by atomic mass is 9.91. The summed E-state index contributed by atoms with van der Waals surface area (Å²) in [5.74, 6) is 0.772. The Kier molecular flexibility index (Phi) is 3.95. The fourth-order valence-electron chi connectivity index (χ4n) is 1.96. The molecule has 0 radical (unpaired) electrons. The number of aromatic nitrogens is 1. The molecule has 1 aromatic heterocycles. The van der Waals surface area contributed by atoms with Crippen LogP contribution >= 0.6 is 0 Å². The van der Waals surface area contributed by atoms with Gasteiger partial charge in [-0.05, 0) is 35.4 Å². The lowest BCUT2D eigenvalue weighted by Gasteiger charge is -2.20. The molecule has 0 amide bonds. The van der Waals surface area contributed by atoms with Crippen LogP contribution in [0.15, 0.2) is 48.8 Å². The van der Waals surface area contributed by atoms with Crippen molar-refractivity contribution in [3.05, 3.63) is 59.9 Å². The topological polar surface area (TPSA) is 42.4 Å². The lowest BCUT2D eigenvalue weighted by Crippen LogP contribution is -2.07. The summed E-state index contributed by atoms with van der Waals surface area (Å²) in [7, 11) is 1.62. The largest absolute Gasteiger partial charge is 0.497 e. The van der Waals surface area contributed by atoms with Crippen molar-refractivity contribution in [2.24, 2.45) is 0 Å². The maximum absolute atomic E-state index is 10.4. The fourth-order valence-corrected chi connectivity index (χ4v) is 1.96. The number of methoxy groups -OCH3 is 1. The van der Waals surface area contributed by atoms with Crippen LogP contribution in [-0.4, -0.2) is 17.2 Å². The molecular formula is C15H17NO2. The molecule has 0 fully saturated rings. The molecule has 0 aliphatic heterocycles. The van der Waals surface area contributed by atoms with Crippen molar-refractivity contribution in [3.63, 3.8) is 0 Å². The van der Waals surface area contributed by atoms with Crippen LogP contribution in [0.3, 0.4) is 0 Å². The van der Waals surface area contributed by atoms with Crippen LogP contribution in [0.5, 0.6) is 5.75 Å². The van der Waals surface area contributed by atoms with Gasteiger partial charge in [0.1, 0.15) is 5.75 Å². The average Bonchev–Trinajstić information content (AvgIpc) is 2.46. The molecule has 0 bridgehead atoms. The third-order valence-electron chi connectivity index (χ3n) is 3.14. The second kappa shape index (κ2) is 5.65. The predicted molar refractivity (Wildman–Crippen MR) is 70.6 cm³/mol. The molecule has 3 nitrogen and oxygen atoms in total. The lowest BCUT2D eigenvalue weighted by molar-refractivity contribution is 0.151. The summed E-state index contributed by atoms with van der Waals surface area (Å²) in [6, 6.07) is 11.4. The van der Waals surface area contributed by atoms with Crippen LogP contribution in [0.1, 0.15) is 30.1 Å². The van der Waals surface area contributed by atoms with Crippen molar-refractivity contribution in [1.82, 2.24) is 4.98 Å². The molecule has 0 saturated carbocycles. The highest BCUT2D eigenvalue weighted by molar-refractivity contribution is 5.32. The van der Waals surface area contributed by atoms with Crippen LogP contribution in [0.25, 0.3) is 0 Å². The van der Waals surface area contributed by atoms with E-state index < -0.39 is 6.10 Å². The van der Waals surface area contributed by atoms with Crippen molar-refractivity contribution < 1.29 is 9.84 Å². The first kappa shape index (κ1) is 12.6. The van der Waals surface area contributed by atoms with Crippen LogP contribution in [0.4, 0.5) is 0 Å². The van der Waals surface area contributed by atoms with Gasteiger partial charge in [0.25, 0.3) is 0 Å². The van der Waals surface area contributed by atoms with E-state index in [1.807, 2.05) is 43.3 Å². The number of benzene rings is 1. The van der Waals surface area contributed by atoms with Crippen molar-refractivity contribution in [3.8, 4) is 5.75 Å². The molecule has 2 rings (SSSR count). The first-order valence-electron chi connectivity index (χ1n) is 5.94. The summed E-state index contributed by atoms with van der Waals surface area (Å²) in [6.45, 7) is 2.00. The van der Waals surface area contributed by atoms with Crippen molar-refractivity contribution in [1.29, 1.82) is 0 Å². The molecule has 0 aliphatic carbocycles. The standard InChI is InChI=1S/C15H17NO2/c1-11(12-6-8-16-9-7-12)15(17)13-4-3-5-14(10-13)18-2/h3-11,15,17H,1-2H3. The Morgan fingerprint density at radius 2 is 1.83 bits per heavy atom. The summed E-state index contributed by atoms with van der Waals surface area (Å²) in [4.78, 5) is 3.99. The molecule has 2 unspecified atom stereocenters. The van der Waals surface area contributed by atoms with Crippen molar-refractivity contribution >= 4 is 0 Å². The van der Waals surface area contributed by atoms with E-state index in [-0.39, 0.29) is 5.92 Å². The van der Waals surface area contributed by atoms with Crippen LogP contribution in [0, 0.1) is 0 Å². The highest BCUT2D eigenvalue weighted by Gasteiger charge is 2.18. The third kappa shape index (κ3) is 2.68. The van der Waals surface area contributed by atoms with E-state index in [4.69, 9.17) is 4.74 Å². The highest BCUT2D eigenvalue weighted by Crippen LogP contribution is 2.31. The highest BCUT2D eigenvalue weighted by atomic mass is 16.5. The second-order valence-corrected chi connectivity index (χ2v) is 4.29. The first-order valence-corrected chi connectivity index (χ1v) is 5.94. The summed E-state index contributed by atoms with van der Waals surface area (Å²) >= 11 is 0. The number of aliphatic hydroxyl groups is 1. The molecular weight excluding hydrogens is 226 g/mol. The molecule has 94 valence electrons.